The van der Waals surface area contributed by atoms with Gasteiger partial charge < -0.3 is 19.6 Å². The second-order valence-electron chi connectivity index (χ2n) is 8.41. The molecule has 2 saturated heterocycles. The molecule has 0 saturated carbocycles. The van der Waals surface area contributed by atoms with E-state index in [1.807, 2.05) is 29.2 Å². The lowest BCUT2D eigenvalue weighted by Crippen LogP contribution is -2.50. The van der Waals surface area contributed by atoms with Gasteiger partial charge in [-0.1, -0.05) is 24.3 Å². The number of piperidine rings is 1. The first-order chi connectivity index (χ1) is 14.4. The third kappa shape index (κ3) is 3.62. The number of methoxy groups -OCH3 is 1. The predicted molar refractivity (Wildman–Crippen MR) is 113 cm³/mol. The Morgan fingerprint density at radius 1 is 1.17 bits per heavy atom. The lowest BCUT2D eigenvalue weighted by atomic mass is 9.78. The maximum absolute atomic E-state index is 13.4. The maximum atomic E-state index is 13.4. The van der Waals surface area contributed by atoms with Crippen molar-refractivity contribution < 1.29 is 19.4 Å². The minimum absolute atomic E-state index is 0.0260. The van der Waals surface area contributed by atoms with Crippen molar-refractivity contribution in [1.29, 1.82) is 0 Å². The number of phenols is 1. The third-order valence-electron chi connectivity index (χ3n) is 6.44. The van der Waals surface area contributed by atoms with E-state index in [9.17, 15) is 14.7 Å². The Hall–Kier alpha value is -3.02. The highest BCUT2D eigenvalue weighted by Crippen LogP contribution is 2.41. The molecular weight excluding hydrogens is 380 g/mol. The van der Waals surface area contributed by atoms with Crippen molar-refractivity contribution in [3.05, 3.63) is 59.2 Å². The standard InChI is InChI=1S/C24H28N2O4/c1-17-6-3-9-20(21(17)27)22(28)26-13-11-24(16-26)10-5-12-25(23(24)29)15-18-7-4-8-19(14-18)30-2/h3-4,6-9,14,27H,5,10-13,15-16H2,1-2H3/t24-/m1/s1. The molecule has 0 radical (unpaired) electrons. The number of hydrogen-bond donors (Lipinski definition) is 1. The summed E-state index contributed by atoms with van der Waals surface area (Å²) in [6, 6.07) is 13.0. The molecule has 2 aliphatic rings. The molecule has 2 amide bonds. The van der Waals surface area contributed by atoms with Gasteiger partial charge in [0.05, 0.1) is 18.1 Å². The van der Waals surface area contributed by atoms with Crippen LogP contribution >= 0.6 is 0 Å². The van der Waals surface area contributed by atoms with Crippen molar-refractivity contribution in [3.63, 3.8) is 0 Å². The number of nitrogens with zero attached hydrogens (tertiary/aromatic N) is 2. The Kier molecular flexibility index (Phi) is 5.41. The fraction of sp³-hybridized carbons (Fsp3) is 0.417. The van der Waals surface area contributed by atoms with Crippen molar-refractivity contribution in [1.82, 2.24) is 9.80 Å². The van der Waals surface area contributed by atoms with E-state index in [1.165, 1.54) is 0 Å². The normalized spacial score (nSPS) is 21.3. The summed E-state index contributed by atoms with van der Waals surface area (Å²) in [6.07, 6.45) is 2.39. The zero-order valence-corrected chi connectivity index (χ0v) is 17.6. The van der Waals surface area contributed by atoms with E-state index in [0.717, 1.165) is 30.7 Å². The van der Waals surface area contributed by atoms with Crippen LogP contribution in [0.4, 0.5) is 0 Å². The molecule has 0 bridgehead atoms. The molecule has 0 unspecified atom stereocenters. The van der Waals surface area contributed by atoms with Gasteiger partial charge in [-0.2, -0.15) is 0 Å². The zero-order valence-electron chi connectivity index (χ0n) is 17.6. The van der Waals surface area contributed by atoms with Gasteiger partial charge in [-0.05, 0) is 55.5 Å². The van der Waals surface area contributed by atoms with Crippen LogP contribution in [0, 0.1) is 12.3 Å². The zero-order chi connectivity index (χ0) is 21.3. The summed E-state index contributed by atoms with van der Waals surface area (Å²) < 4.78 is 5.30. The Balaban J connectivity index is 1.50. The van der Waals surface area contributed by atoms with Crippen molar-refractivity contribution >= 4 is 11.8 Å². The summed E-state index contributed by atoms with van der Waals surface area (Å²) in [5.74, 6) is 0.728. The van der Waals surface area contributed by atoms with Gasteiger partial charge in [0, 0.05) is 26.2 Å². The molecule has 0 aliphatic carbocycles. The minimum atomic E-state index is -0.522. The van der Waals surface area contributed by atoms with Gasteiger partial charge in [0.15, 0.2) is 0 Å². The number of benzene rings is 2. The smallest absolute Gasteiger partial charge is 0.257 e. The summed E-state index contributed by atoms with van der Waals surface area (Å²) in [5, 5.41) is 10.3. The summed E-state index contributed by atoms with van der Waals surface area (Å²) in [7, 11) is 1.64. The van der Waals surface area contributed by atoms with Gasteiger partial charge in [-0.25, -0.2) is 0 Å². The first kappa shape index (κ1) is 20.3. The predicted octanol–water partition coefficient (Wildman–Crippen LogP) is 3.36. The van der Waals surface area contributed by atoms with Crippen LogP contribution in [0.3, 0.4) is 0 Å². The monoisotopic (exact) mass is 408 g/mol. The van der Waals surface area contributed by atoms with Crippen LogP contribution in [0.2, 0.25) is 0 Å². The first-order valence-corrected chi connectivity index (χ1v) is 10.4. The second kappa shape index (κ2) is 8.01. The molecule has 4 rings (SSSR count). The van der Waals surface area contributed by atoms with Crippen LogP contribution in [-0.4, -0.2) is 53.5 Å². The summed E-state index contributed by atoms with van der Waals surface area (Å²) >= 11 is 0. The number of ether oxygens (including phenoxy) is 1. The van der Waals surface area contributed by atoms with Crippen LogP contribution in [0.5, 0.6) is 11.5 Å². The van der Waals surface area contributed by atoms with Crippen molar-refractivity contribution in [2.45, 2.75) is 32.7 Å². The van der Waals surface area contributed by atoms with Gasteiger partial charge in [-0.15, -0.1) is 0 Å². The summed E-state index contributed by atoms with van der Waals surface area (Å²) in [5.41, 5.74) is 1.50. The molecule has 0 aromatic heterocycles. The van der Waals surface area contributed by atoms with Crippen LogP contribution in [0.25, 0.3) is 0 Å². The van der Waals surface area contributed by atoms with E-state index >= 15 is 0 Å². The quantitative estimate of drug-likeness (QED) is 0.842. The second-order valence-corrected chi connectivity index (χ2v) is 8.41. The van der Waals surface area contributed by atoms with E-state index in [1.54, 1.807) is 37.1 Å². The van der Waals surface area contributed by atoms with E-state index in [2.05, 4.69) is 0 Å². The topological polar surface area (TPSA) is 70.1 Å². The molecule has 2 aliphatic heterocycles. The average Bonchev–Trinajstić information content (AvgIpc) is 3.18. The van der Waals surface area contributed by atoms with Gasteiger partial charge in [0.2, 0.25) is 5.91 Å². The van der Waals surface area contributed by atoms with Gasteiger partial charge in [-0.3, -0.25) is 9.59 Å². The Bertz CT molecular complexity index is 973. The molecule has 2 heterocycles. The molecule has 6 nitrogen and oxygen atoms in total. The van der Waals surface area contributed by atoms with Crippen LogP contribution in [-0.2, 0) is 11.3 Å². The number of carbonyl (C=O) groups excluding carboxylic acids is 2. The van der Waals surface area contributed by atoms with E-state index in [4.69, 9.17) is 4.74 Å². The molecule has 6 heteroatoms. The highest BCUT2D eigenvalue weighted by molar-refractivity contribution is 5.98. The molecule has 1 spiro atoms. The molecule has 1 N–H and O–H groups in total. The molecule has 1 atom stereocenters. The number of phenolic OH excluding ortho intramolecular Hbond substituents is 1. The van der Waals surface area contributed by atoms with Crippen molar-refractivity contribution in [2.24, 2.45) is 5.41 Å². The lowest BCUT2D eigenvalue weighted by Gasteiger charge is -2.39. The number of para-hydroxylation sites is 1. The number of amides is 2. The van der Waals surface area contributed by atoms with Crippen molar-refractivity contribution in [2.75, 3.05) is 26.7 Å². The number of carbonyl (C=O) groups is 2. The van der Waals surface area contributed by atoms with Gasteiger partial charge >= 0.3 is 0 Å². The summed E-state index contributed by atoms with van der Waals surface area (Å²) in [6.45, 7) is 3.99. The number of rotatable bonds is 4. The molecule has 2 aromatic carbocycles. The molecular formula is C24H28N2O4. The van der Waals surface area contributed by atoms with Crippen LogP contribution in [0.1, 0.15) is 40.7 Å². The fourth-order valence-electron chi connectivity index (χ4n) is 4.72. The number of aryl methyl sites for hydroxylation is 1. The Labute approximate surface area is 177 Å². The van der Waals surface area contributed by atoms with Crippen LogP contribution < -0.4 is 4.74 Å². The number of hydrogen-bond acceptors (Lipinski definition) is 4. The molecule has 2 aromatic rings. The number of likely N-dealkylation sites (tertiary alicyclic amines) is 2. The van der Waals surface area contributed by atoms with Gasteiger partial charge in [0.1, 0.15) is 11.5 Å². The SMILES string of the molecule is COc1cccc(CN2CCC[C@]3(CCN(C(=O)c4cccc(C)c4O)C3)C2=O)c1. The third-order valence-corrected chi connectivity index (χ3v) is 6.44. The summed E-state index contributed by atoms with van der Waals surface area (Å²) in [4.78, 5) is 30.1. The van der Waals surface area contributed by atoms with Crippen LogP contribution in [0.15, 0.2) is 42.5 Å². The van der Waals surface area contributed by atoms with Gasteiger partial charge in [0.25, 0.3) is 5.91 Å². The molecule has 30 heavy (non-hydrogen) atoms. The minimum Gasteiger partial charge on any atom is -0.507 e. The van der Waals surface area contributed by atoms with E-state index < -0.39 is 5.41 Å². The maximum Gasteiger partial charge on any atom is 0.257 e. The largest absolute Gasteiger partial charge is 0.507 e. The van der Waals surface area contributed by atoms with E-state index in [0.29, 0.717) is 37.2 Å². The number of aromatic hydroxyl groups is 1. The fourth-order valence-corrected chi connectivity index (χ4v) is 4.72. The first-order valence-electron chi connectivity index (χ1n) is 10.4. The van der Waals surface area contributed by atoms with E-state index in [-0.39, 0.29) is 17.6 Å². The lowest BCUT2D eigenvalue weighted by molar-refractivity contribution is -0.146. The van der Waals surface area contributed by atoms with Crippen molar-refractivity contribution in [3.8, 4) is 11.5 Å². The highest BCUT2D eigenvalue weighted by atomic mass is 16.5. The Morgan fingerprint density at radius 3 is 2.77 bits per heavy atom. The highest BCUT2D eigenvalue weighted by Gasteiger charge is 2.49. The molecule has 158 valence electrons. The average molecular weight is 408 g/mol. The Morgan fingerprint density at radius 2 is 1.97 bits per heavy atom. The molecule has 2 fully saturated rings.